The number of anilines is 1. The number of nitrogens with zero attached hydrogens (tertiary/aromatic N) is 2. The summed E-state index contributed by atoms with van der Waals surface area (Å²) in [6.07, 6.45) is 0. The van der Waals surface area contributed by atoms with Gasteiger partial charge in [-0.2, -0.15) is 0 Å². The van der Waals surface area contributed by atoms with Crippen LogP contribution < -0.4 is 15.0 Å². The number of benzene rings is 2. The maximum atomic E-state index is 13.3. The number of carboxylic acids is 1. The summed E-state index contributed by atoms with van der Waals surface area (Å²) in [6, 6.07) is 12.5. The number of hydrogen-bond donors (Lipinski definition) is 2. The number of nitrogens with one attached hydrogen (secondary N) is 1. The van der Waals surface area contributed by atoms with Gasteiger partial charge >= 0.3 is 12.0 Å². The van der Waals surface area contributed by atoms with Crippen molar-refractivity contribution in [1.29, 1.82) is 0 Å². The van der Waals surface area contributed by atoms with Gasteiger partial charge in [0.05, 0.1) is 36.5 Å². The fourth-order valence-corrected chi connectivity index (χ4v) is 3.63. The highest BCUT2D eigenvalue weighted by Gasteiger charge is 2.43. The smallest absolute Gasteiger partial charge is 0.335 e. The summed E-state index contributed by atoms with van der Waals surface area (Å²) >= 11 is 0. The molecule has 0 fully saturated rings. The van der Waals surface area contributed by atoms with E-state index in [1.807, 2.05) is 0 Å². The Bertz CT molecular complexity index is 1040. The first kappa shape index (κ1) is 18.5. The van der Waals surface area contributed by atoms with E-state index < -0.39 is 12.0 Å². The highest BCUT2D eigenvalue weighted by Crippen LogP contribution is 2.38. The van der Waals surface area contributed by atoms with Gasteiger partial charge in [-0.15, -0.1) is 0 Å². The fraction of sp³-hybridized carbons (Fsp3) is 0.190. The van der Waals surface area contributed by atoms with Crippen LogP contribution in [0.4, 0.5) is 10.5 Å². The van der Waals surface area contributed by atoms with Crippen LogP contribution in [0.25, 0.3) is 0 Å². The van der Waals surface area contributed by atoms with E-state index in [1.165, 1.54) is 21.9 Å². The van der Waals surface area contributed by atoms with Gasteiger partial charge in [0.2, 0.25) is 0 Å². The highest BCUT2D eigenvalue weighted by atomic mass is 16.5. The van der Waals surface area contributed by atoms with Crippen LogP contribution in [-0.2, 0) is 4.79 Å². The minimum absolute atomic E-state index is 0.0921. The lowest BCUT2D eigenvalue weighted by atomic mass is 9.95. The van der Waals surface area contributed by atoms with Crippen LogP contribution in [0.3, 0.4) is 0 Å². The quantitative estimate of drug-likeness (QED) is 0.831. The van der Waals surface area contributed by atoms with Crippen molar-refractivity contribution >= 4 is 23.6 Å². The van der Waals surface area contributed by atoms with Gasteiger partial charge in [0.1, 0.15) is 5.75 Å². The van der Waals surface area contributed by atoms with Crippen molar-refractivity contribution in [3.63, 3.8) is 0 Å². The number of likely N-dealkylation sites (N-methyl/N-ethyl adjacent to an activating group) is 1. The van der Waals surface area contributed by atoms with Crippen LogP contribution in [0.2, 0.25) is 0 Å². The summed E-state index contributed by atoms with van der Waals surface area (Å²) in [5.74, 6) is -0.663. The zero-order chi connectivity index (χ0) is 20.7. The van der Waals surface area contributed by atoms with Crippen molar-refractivity contribution in [2.75, 3.05) is 25.6 Å². The molecule has 2 aromatic carbocycles. The second-order valence-corrected chi connectivity index (χ2v) is 6.82. The van der Waals surface area contributed by atoms with Crippen molar-refractivity contribution in [2.45, 2.75) is 6.04 Å². The van der Waals surface area contributed by atoms with E-state index in [4.69, 9.17) is 4.74 Å². The number of ether oxygens (including phenoxy) is 1. The van der Waals surface area contributed by atoms with E-state index in [-0.39, 0.29) is 24.0 Å². The number of carboxylic acid groups (broad SMARTS) is 1. The van der Waals surface area contributed by atoms with Crippen LogP contribution >= 0.6 is 0 Å². The average molecular weight is 393 g/mol. The molecule has 0 radical (unpaired) electrons. The molecule has 0 spiro atoms. The van der Waals surface area contributed by atoms with E-state index in [0.29, 0.717) is 22.7 Å². The van der Waals surface area contributed by atoms with Gasteiger partial charge in [-0.3, -0.25) is 9.69 Å². The van der Waals surface area contributed by atoms with Crippen LogP contribution in [0.1, 0.15) is 22.0 Å². The summed E-state index contributed by atoms with van der Waals surface area (Å²) < 4.78 is 5.18. The zero-order valence-corrected chi connectivity index (χ0v) is 15.9. The molecule has 2 heterocycles. The normalized spacial score (nSPS) is 18.6. The highest BCUT2D eigenvalue weighted by molar-refractivity contribution is 6.12. The van der Waals surface area contributed by atoms with E-state index in [1.54, 1.807) is 50.6 Å². The lowest BCUT2D eigenvalue weighted by molar-refractivity contribution is -0.114. The topological polar surface area (TPSA) is 99.2 Å². The molecule has 0 saturated heterocycles. The van der Waals surface area contributed by atoms with E-state index in [2.05, 4.69) is 5.32 Å². The second kappa shape index (κ2) is 6.97. The first-order chi connectivity index (χ1) is 13.9. The number of carbonyl (C=O) groups excluding carboxylic acids is 2. The van der Waals surface area contributed by atoms with E-state index in [0.717, 1.165) is 5.56 Å². The molecule has 0 aromatic heterocycles. The zero-order valence-electron chi connectivity index (χ0n) is 15.9. The summed E-state index contributed by atoms with van der Waals surface area (Å²) in [5.41, 5.74) is 2.39. The maximum absolute atomic E-state index is 13.3. The summed E-state index contributed by atoms with van der Waals surface area (Å²) in [4.78, 5) is 40.0. The third-order valence-electron chi connectivity index (χ3n) is 5.21. The Hall–Kier alpha value is -3.81. The lowest BCUT2D eigenvalue weighted by Crippen LogP contribution is -2.45. The van der Waals surface area contributed by atoms with Gasteiger partial charge in [0.15, 0.2) is 0 Å². The molecule has 0 saturated carbocycles. The van der Waals surface area contributed by atoms with E-state index in [9.17, 15) is 19.5 Å². The predicted octanol–water partition coefficient (Wildman–Crippen LogP) is 2.39. The molecule has 29 heavy (non-hydrogen) atoms. The molecule has 8 nitrogen and oxygen atoms in total. The standard InChI is InChI=1S/C21H19N3O5/c1-23-16-11-24(14-5-3-4-13(10-14)20(26)27)19(25)17(16)18(22-21(23)28)12-6-8-15(29-2)9-7-12/h3-10,18H,11H2,1-2H3,(H,22,28)(H,26,27)/t18-/m0/s1. The average Bonchev–Trinajstić information content (AvgIpc) is 3.08. The Morgan fingerprint density at radius 2 is 1.90 bits per heavy atom. The second-order valence-electron chi connectivity index (χ2n) is 6.82. The first-order valence-electron chi connectivity index (χ1n) is 8.97. The van der Waals surface area contributed by atoms with Gasteiger partial charge in [-0.1, -0.05) is 18.2 Å². The van der Waals surface area contributed by atoms with Crippen molar-refractivity contribution < 1.29 is 24.2 Å². The Kier molecular flexibility index (Phi) is 4.46. The fourth-order valence-electron chi connectivity index (χ4n) is 3.63. The van der Waals surface area contributed by atoms with Crippen molar-refractivity contribution in [1.82, 2.24) is 10.2 Å². The Balaban J connectivity index is 1.73. The molecule has 2 N–H and O–H groups in total. The monoisotopic (exact) mass is 393 g/mol. The Morgan fingerprint density at radius 3 is 2.55 bits per heavy atom. The number of methoxy groups -OCH3 is 1. The van der Waals surface area contributed by atoms with Crippen LogP contribution in [0.15, 0.2) is 59.8 Å². The molecule has 0 unspecified atom stereocenters. The minimum atomic E-state index is -1.07. The molecule has 148 valence electrons. The predicted molar refractivity (Wildman–Crippen MR) is 105 cm³/mol. The SMILES string of the molecule is COc1ccc([C@@H]2NC(=O)N(C)C3=C2C(=O)N(c2cccc(C(=O)O)c2)C3)cc1. The van der Waals surface area contributed by atoms with Gasteiger partial charge in [0.25, 0.3) is 5.91 Å². The Labute approximate surface area is 167 Å². The van der Waals surface area contributed by atoms with Gasteiger partial charge in [0, 0.05) is 12.7 Å². The molecular weight excluding hydrogens is 374 g/mol. The van der Waals surface area contributed by atoms with Crippen molar-refractivity contribution in [3.05, 3.63) is 70.9 Å². The van der Waals surface area contributed by atoms with Crippen LogP contribution in [-0.4, -0.2) is 48.6 Å². The molecular formula is C21H19N3O5. The van der Waals surface area contributed by atoms with E-state index >= 15 is 0 Å². The van der Waals surface area contributed by atoms with Gasteiger partial charge in [-0.05, 0) is 35.9 Å². The third kappa shape index (κ3) is 3.08. The molecule has 4 rings (SSSR count). The summed E-state index contributed by atoms with van der Waals surface area (Å²) in [6.45, 7) is 0.188. The molecule has 3 amide bonds. The third-order valence-corrected chi connectivity index (χ3v) is 5.21. The lowest BCUT2D eigenvalue weighted by Gasteiger charge is -2.31. The largest absolute Gasteiger partial charge is 0.497 e. The Morgan fingerprint density at radius 1 is 1.17 bits per heavy atom. The number of rotatable bonds is 4. The van der Waals surface area contributed by atoms with Crippen LogP contribution in [0.5, 0.6) is 5.75 Å². The first-order valence-corrected chi connectivity index (χ1v) is 8.97. The number of carbonyl (C=O) groups is 3. The minimum Gasteiger partial charge on any atom is -0.497 e. The maximum Gasteiger partial charge on any atom is 0.335 e. The van der Waals surface area contributed by atoms with Crippen LogP contribution in [0, 0.1) is 0 Å². The molecule has 8 heteroatoms. The number of urea groups is 1. The van der Waals surface area contributed by atoms with Gasteiger partial charge < -0.3 is 20.1 Å². The molecule has 1 atom stereocenters. The van der Waals surface area contributed by atoms with Crippen molar-refractivity contribution in [3.8, 4) is 5.75 Å². The van der Waals surface area contributed by atoms with Gasteiger partial charge in [-0.25, -0.2) is 9.59 Å². The number of hydrogen-bond acceptors (Lipinski definition) is 4. The number of amides is 3. The molecule has 2 aromatic rings. The molecule has 0 bridgehead atoms. The summed E-state index contributed by atoms with van der Waals surface area (Å²) in [5, 5.41) is 12.1. The molecule has 0 aliphatic carbocycles. The number of aromatic carboxylic acids is 1. The molecule has 2 aliphatic rings. The molecule has 2 aliphatic heterocycles. The summed E-state index contributed by atoms with van der Waals surface area (Å²) in [7, 11) is 3.18. The van der Waals surface area contributed by atoms with Crippen molar-refractivity contribution in [2.24, 2.45) is 0 Å².